The van der Waals surface area contributed by atoms with E-state index in [0.717, 1.165) is 25.8 Å². The highest BCUT2D eigenvalue weighted by Crippen LogP contribution is 2.29. The van der Waals surface area contributed by atoms with Crippen LogP contribution in [0, 0.1) is 0 Å². The molecule has 0 aliphatic heterocycles. The van der Waals surface area contributed by atoms with Gasteiger partial charge in [-0.15, -0.1) is 0 Å². The number of carbonyl (C=O) groups is 1. The number of benzene rings is 2. The highest BCUT2D eigenvalue weighted by Gasteiger charge is 2.13. The second-order valence-corrected chi connectivity index (χ2v) is 6.65. The van der Waals surface area contributed by atoms with E-state index in [2.05, 4.69) is 49.5 Å². The largest absolute Gasteiger partial charge is 0.356 e. The number of fused-ring (bicyclic) bond motifs is 1. The summed E-state index contributed by atoms with van der Waals surface area (Å²) in [6.07, 6.45) is 8.13. The van der Waals surface area contributed by atoms with Gasteiger partial charge in [0.25, 0.3) is 0 Å². The molecule has 0 aliphatic carbocycles. The van der Waals surface area contributed by atoms with Crippen LogP contribution in [0.3, 0.4) is 0 Å². The molecule has 2 nitrogen and oxygen atoms in total. The summed E-state index contributed by atoms with van der Waals surface area (Å²) in [7, 11) is 0. The quantitative estimate of drug-likeness (QED) is 0.674. The number of hydrogen-bond acceptors (Lipinski definition) is 1. The normalized spacial score (nSPS) is 11.0. The lowest BCUT2D eigenvalue weighted by atomic mass is 9.87. The molecular formula is C22H31NO. The lowest BCUT2D eigenvalue weighted by Gasteiger charge is -2.18. The number of unbranched alkanes of at least 4 members (excludes halogenated alkanes) is 2. The predicted octanol–water partition coefficient (Wildman–Crippen LogP) is 5.20. The SMILES string of the molecule is CCCCc1cc2ccccc2c(CCNC(C)=O)c1CCCC. The number of carbonyl (C=O) groups excluding carboxylic acids is 1. The number of hydrogen-bond donors (Lipinski definition) is 1. The van der Waals surface area contributed by atoms with Crippen molar-refractivity contribution in [3.8, 4) is 0 Å². The topological polar surface area (TPSA) is 29.1 Å². The van der Waals surface area contributed by atoms with E-state index in [0.29, 0.717) is 0 Å². The first-order valence-corrected chi connectivity index (χ1v) is 9.44. The van der Waals surface area contributed by atoms with Gasteiger partial charge in [-0.05, 0) is 59.6 Å². The maximum absolute atomic E-state index is 11.3. The molecule has 2 rings (SSSR count). The predicted molar refractivity (Wildman–Crippen MR) is 104 cm³/mol. The zero-order valence-corrected chi connectivity index (χ0v) is 15.5. The second-order valence-electron chi connectivity index (χ2n) is 6.65. The van der Waals surface area contributed by atoms with E-state index >= 15 is 0 Å². The van der Waals surface area contributed by atoms with Crippen LogP contribution < -0.4 is 5.32 Å². The first-order valence-electron chi connectivity index (χ1n) is 9.44. The molecule has 130 valence electrons. The van der Waals surface area contributed by atoms with E-state index in [1.54, 1.807) is 6.92 Å². The van der Waals surface area contributed by atoms with E-state index < -0.39 is 0 Å². The van der Waals surface area contributed by atoms with Gasteiger partial charge in [0.1, 0.15) is 0 Å². The van der Waals surface area contributed by atoms with Gasteiger partial charge in [-0.2, -0.15) is 0 Å². The van der Waals surface area contributed by atoms with Gasteiger partial charge in [0, 0.05) is 13.5 Å². The summed E-state index contributed by atoms with van der Waals surface area (Å²) in [6, 6.07) is 11.1. The molecule has 1 amide bonds. The van der Waals surface area contributed by atoms with Gasteiger partial charge in [0.05, 0.1) is 0 Å². The average Bonchev–Trinajstić information content (AvgIpc) is 2.58. The Bertz CT molecular complexity index is 675. The number of rotatable bonds is 9. The van der Waals surface area contributed by atoms with Crippen LogP contribution in [0.4, 0.5) is 0 Å². The van der Waals surface area contributed by atoms with Crippen molar-refractivity contribution >= 4 is 16.7 Å². The maximum atomic E-state index is 11.3. The van der Waals surface area contributed by atoms with Crippen LogP contribution in [0.5, 0.6) is 0 Å². The average molecular weight is 325 g/mol. The molecule has 0 bridgehead atoms. The van der Waals surface area contributed by atoms with Crippen LogP contribution in [0.2, 0.25) is 0 Å². The van der Waals surface area contributed by atoms with Gasteiger partial charge < -0.3 is 5.32 Å². The van der Waals surface area contributed by atoms with Crippen LogP contribution in [0.25, 0.3) is 10.8 Å². The summed E-state index contributed by atoms with van der Waals surface area (Å²) in [4.78, 5) is 11.3. The standard InChI is InChI=1S/C22H31NO/c1-4-6-10-18-16-19-11-8-9-13-21(19)22(14-15-23-17(3)24)20(18)12-7-5-2/h8-9,11,13,16H,4-7,10,12,14-15H2,1-3H3,(H,23,24). The first kappa shape index (κ1) is 18.5. The fourth-order valence-electron chi connectivity index (χ4n) is 3.43. The minimum Gasteiger partial charge on any atom is -0.356 e. The van der Waals surface area contributed by atoms with Crippen molar-refractivity contribution in [2.24, 2.45) is 0 Å². The van der Waals surface area contributed by atoms with Crippen molar-refractivity contribution in [2.75, 3.05) is 6.54 Å². The molecule has 0 saturated heterocycles. The summed E-state index contributed by atoms with van der Waals surface area (Å²) >= 11 is 0. The van der Waals surface area contributed by atoms with Crippen LogP contribution >= 0.6 is 0 Å². The summed E-state index contributed by atoms with van der Waals surface area (Å²) in [5.74, 6) is 0.0524. The molecule has 0 saturated carbocycles. The molecule has 0 radical (unpaired) electrons. The van der Waals surface area contributed by atoms with Crippen LogP contribution in [0.1, 0.15) is 63.1 Å². The highest BCUT2D eigenvalue weighted by atomic mass is 16.1. The Balaban J connectivity index is 2.46. The summed E-state index contributed by atoms with van der Waals surface area (Å²) in [6.45, 7) is 6.82. The third-order valence-electron chi connectivity index (χ3n) is 4.70. The molecule has 0 aliphatic rings. The third-order valence-corrected chi connectivity index (χ3v) is 4.70. The van der Waals surface area contributed by atoms with Gasteiger partial charge in [-0.3, -0.25) is 4.79 Å². The molecule has 0 fully saturated rings. The van der Waals surface area contributed by atoms with Gasteiger partial charge in [-0.1, -0.05) is 57.0 Å². The van der Waals surface area contributed by atoms with Crippen molar-refractivity contribution in [1.82, 2.24) is 5.32 Å². The van der Waals surface area contributed by atoms with E-state index in [1.807, 2.05) is 0 Å². The Morgan fingerprint density at radius 1 is 0.958 bits per heavy atom. The van der Waals surface area contributed by atoms with Crippen molar-refractivity contribution in [1.29, 1.82) is 0 Å². The lowest BCUT2D eigenvalue weighted by molar-refractivity contribution is -0.118. The zero-order chi connectivity index (χ0) is 17.4. The minimum atomic E-state index is 0.0524. The molecule has 0 atom stereocenters. The molecular weight excluding hydrogens is 294 g/mol. The minimum absolute atomic E-state index is 0.0524. The Labute approximate surface area is 146 Å². The Kier molecular flexibility index (Phi) is 7.30. The summed E-state index contributed by atoms with van der Waals surface area (Å²) in [5, 5.41) is 5.66. The number of nitrogens with one attached hydrogen (secondary N) is 1. The highest BCUT2D eigenvalue weighted by molar-refractivity contribution is 5.88. The fourth-order valence-corrected chi connectivity index (χ4v) is 3.43. The van der Waals surface area contributed by atoms with Crippen LogP contribution in [0.15, 0.2) is 30.3 Å². The Hall–Kier alpha value is -1.83. The summed E-state index contributed by atoms with van der Waals surface area (Å²) in [5.41, 5.74) is 4.50. The van der Waals surface area contributed by atoms with Crippen molar-refractivity contribution in [3.63, 3.8) is 0 Å². The summed E-state index contributed by atoms with van der Waals surface area (Å²) < 4.78 is 0. The lowest BCUT2D eigenvalue weighted by Crippen LogP contribution is -2.23. The van der Waals surface area contributed by atoms with Crippen molar-refractivity contribution < 1.29 is 4.79 Å². The molecule has 1 N–H and O–H groups in total. The van der Waals surface area contributed by atoms with E-state index in [4.69, 9.17) is 0 Å². The van der Waals surface area contributed by atoms with Gasteiger partial charge >= 0.3 is 0 Å². The Morgan fingerprint density at radius 3 is 2.38 bits per heavy atom. The molecule has 0 spiro atoms. The fraction of sp³-hybridized carbons (Fsp3) is 0.500. The molecule has 0 heterocycles. The molecule has 24 heavy (non-hydrogen) atoms. The zero-order valence-electron chi connectivity index (χ0n) is 15.5. The van der Waals surface area contributed by atoms with Gasteiger partial charge in [0.15, 0.2) is 0 Å². The third kappa shape index (κ3) is 4.83. The molecule has 2 aromatic rings. The first-order chi connectivity index (χ1) is 11.7. The Morgan fingerprint density at radius 2 is 1.67 bits per heavy atom. The van der Waals surface area contributed by atoms with E-state index in [9.17, 15) is 4.79 Å². The second kappa shape index (κ2) is 9.46. The molecule has 0 unspecified atom stereocenters. The molecule has 2 aromatic carbocycles. The van der Waals surface area contributed by atoms with E-state index in [-0.39, 0.29) is 5.91 Å². The van der Waals surface area contributed by atoms with E-state index in [1.165, 1.54) is 53.1 Å². The van der Waals surface area contributed by atoms with Gasteiger partial charge in [0.2, 0.25) is 5.91 Å². The number of aryl methyl sites for hydroxylation is 1. The monoisotopic (exact) mass is 325 g/mol. The van der Waals surface area contributed by atoms with Crippen molar-refractivity contribution in [3.05, 3.63) is 47.0 Å². The van der Waals surface area contributed by atoms with Gasteiger partial charge in [-0.25, -0.2) is 0 Å². The maximum Gasteiger partial charge on any atom is 0.216 e. The van der Waals surface area contributed by atoms with Crippen LogP contribution in [-0.2, 0) is 24.1 Å². The smallest absolute Gasteiger partial charge is 0.216 e. The van der Waals surface area contributed by atoms with Crippen molar-refractivity contribution in [2.45, 2.75) is 65.7 Å². The molecule has 2 heteroatoms. The van der Waals surface area contributed by atoms with Crippen LogP contribution in [-0.4, -0.2) is 12.5 Å². The molecule has 0 aromatic heterocycles. The number of amides is 1.